The van der Waals surface area contributed by atoms with Gasteiger partial charge in [-0.3, -0.25) is 19.5 Å². The molecule has 3 saturated heterocycles. The number of carbonyl (C=O) groups excluding carboxylic acids is 1. The van der Waals surface area contributed by atoms with E-state index in [4.69, 9.17) is 38.8 Å². The first-order chi connectivity index (χ1) is 20.6. The highest BCUT2D eigenvalue weighted by Crippen LogP contribution is 2.49. The van der Waals surface area contributed by atoms with Crippen LogP contribution in [0.2, 0.25) is 10.0 Å². The second-order valence-corrected chi connectivity index (χ2v) is 13.6. The maximum absolute atomic E-state index is 12.3. The number of amides is 1. The van der Waals surface area contributed by atoms with Crippen molar-refractivity contribution in [2.75, 3.05) is 63.1 Å². The van der Waals surface area contributed by atoms with Crippen molar-refractivity contribution in [1.29, 1.82) is 0 Å². The second-order valence-electron chi connectivity index (χ2n) is 12.8. The molecule has 3 N–H and O–H groups in total. The molecule has 3 fully saturated rings. The van der Waals surface area contributed by atoms with Gasteiger partial charge in [-0.05, 0) is 64.5 Å². The van der Waals surface area contributed by atoms with Crippen molar-refractivity contribution in [2.24, 2.45) is 5.92 Å². The SMILES string of the molecule is C=CC(=O)N1CCC(n2nc(N3CC[C@@H](CN4CCOCC4)CC3(C)C)c(-c3c(Cl)c(Cl)cc4[nH]nc(N)c34)c2C)CC1. The van der Waals surface area contributed by atoms with Crippen LogP contribution in [-0.4, -0.2) is 93.7 Å². The van der Waals surface area contributed by atoms with Gasteiger partial charge in [-0.15, -0.1) is 0 Å². The van der Waals surface area contributed by atoms with Gasteiger partial charge in [-0.25, -0.2) is 0 Å². The number of benzene rings is 1. The van der Waals surface area contributed by atoms with E-state index < -0.39 is 0 Å². The van der Waals surface area contributed by atoms with Gasteiger partial charge in [-0.1, -0.05) is 29.8 Å². The lowest BCUT2D eigenvalue weighted by atomic mass is 9.81. The van der Waals surface area contributed by atoms with Crippen molar-refractivity contribution < 1.29 is 9.53 Å². The molecule has 3 aliphatic heterocycles. The molecule has 3 aliphatic rings. The Labute approximate surface area is 263 Å². The smallest absolute Gasteiger partial charge is 0.245 e. The number of nitrogens with two attached hydrogens (primary N) is 1. The molecule has 232 valence electrons. The fraction of sp³-hybridized carbons (Fsp3) is 0.581. The van der Waals surface area contributed by atoms with Crippen LogP contribution < -0.4 is 10.6 Å². The number of aromatic nitrogens is 4. The van der Waals surface area contributed by atoms with E-state index in [0.717, 1.165) is 98.6 Å². The molecule has 1 aromatic carbocycles. The molecule has 1 atom stereocenters. The average molecular weight is 630 g/mol. The number of carbonyl (C=O) groups is 1. The second kappa shape index (κ2) is 12.0. The number of anilines is 2. The van der Waals surface area contributed by atoms with Crippen LogP contribution in [0, 0.1) is 12.8 Å². The van der Waals surface area contributed by atoms with E-state index in [9.17, 15) is 4.79 Å². The molecular weight excluding hydrogens is 587 g/mol. The van der Waals surface area contributed by atoms with E-state index in [2.05, 4.69) is 52.0 Å². The van der Waals surface area contributed by atoms with E-state index >= 15 is 0 Å². The number of morpholine rings is 1. The molecule has 0 radical (unpaired) electrons. The van der Waals surface area contributed by atoms with Crippen LogP contribution in [0.3, 0.4) is 0 Å². The molecular formula is C31H42Cl2N8O2. The lowest BCUT2D eigenvalue weighted by Crippen LogP contribution is -2.53. The van der Waals surface area contributed by atoms with Crippen molar-refractivity contribution >= 4 is 51.6 Å². The van der Waals surface area contributed by atoms with E-state index in [-0.39, 0.29) is 17.5 Å². The molecule has 12 heteroatoms. The average Bonchev–Trinajstić information content (AvgIpc) is 3.52. The summed E-state index contributed by atoms with van der Waals surface area (Å²) in [6.45, 7) is 17.3. The number of fused-ring (bicyclic) bond motifs is 1. The fourth-order valence-electron chi connectivity index (χ4n) is 7.42. The number of ether oxygens (including phenoxy) is 1. The van der Waals surface area contributed by atoms with Crippen LogP contribution >= 0.6 is 23.2 Å². The normalized spacial score (nSPS) is 21.9. The number of piperidine rings is 2. The van der Waals surface area contributed by atoms with Gasteiger partial charge in [0.05, 0.1) is 40.2 Å². The quantitative estimate of drug-likeness (QED) is 0.357. The summed E-state index contributed by atoms with van der Waals surface area (Å²) in [5, 5.41) is 14.3. The molecule has 10 nitrogen and oxygen atoms in total. The van der Waals surface area contributed by atoms with Crippen LogP contribution in [0.5, 0.6) is 0 Å². The van der Waals surface area contributed by atoms with Crippen molar-refractivity contribution in [3.05, 3.63) is 34.5 Å². The molecule has 2 aromatic heterocycles. The fourth-order valence-corrected chi connectivity index (χ4v) is 7.87. The minimum atomic E-state index is -0.151. The van der Waals surface area contributed by atoms with Crippen molar-refractivity contribution in [3.8, 4) is 11.1 Å². The Balaban J connectivity index is 1.41. The van der Waals surface area contributed by atoms with Gasteiger partial charge in [-0.2, -0.15) is 10.2 Å². The van der Waals surface area contributed by atoms with Crippen molar-refractivity contribution in [2.45, 2.75) is 58.0 Å². The number of nitrogen functional groups attached to an aromatic ring is 1. The predicted octanol–water partition coefficient (Wildman–Crippen LogP) is 5.30. The molecule has 3 aromatic rings. The summed E-state index contributed by atoms with van der Waals surface area (Å²) in [5.41, 5.74) is 9.72. The maximum atomic E-state index is 12.3. The third-order valence-electron chi connectivity index (χ3n) is 9.61. The molecule has 0 unspecified atom stereocenters. The summed E-state index contributed by atoms with van der Waals surface area (Å²) in [7, 11) is 0. The van der Waals surface area contributed by atoms with E-state index in [1.165, 1.54) is 6.08 Å². The molecule has 6 rings (SSSR count). The monoisotopic (exact) mass is 628 g/mol. The zero-order valence-corrected chi connectivity index (χ0v) is 26.8. The Morgan fingerprint density at radius 1 is 1.16 bits per heavy atom. The highest BCUT2D eigenvalue weighted by molar-refractivity contribution is 6.45. The first-order valence-corrected chi connectivity index (χ1v) is 16.0. The number of hydrogen-bond donors (Lipinski definition) is 2. The van der Waals surface area contributed by atoms with Gasteiger partial charge >= 0.3 is 0 Å². The zero-order valence-electron chi connectivity index (χ0n) is 25.3. The number of nitrogens with one attached hydrogen (secondary N) is 1. The summed E-state index contributed by atoms with van der Waals surface area (Å²) in [6.07, 6.45) is 5.12. The Bertz CT molecular complexity index is 1520. The van der Waals surface area contributed by atoms with Crippen LogP contribution in [0.25, 0.3) is 22.0 Å². The number of hydrogen-bond acceptors (Lipinski definition) is 7. The Hall–Kier alpha value is -2.79. The van der Waals surface area contributed by atoms with Gasteiger partial charge in [0.25, 0.3) is 0 Å². The zero-order chi connectivity index (χ0) is 30.5. The largest absolute Gasteiger partial charge is 0.382 e. The lowest BCUT2D eigenvalue weighted by Gasteiger charge is -2.47. The standard InChI is InChI=1S/C31H42Cl2N8O2/c1-5-24(42)39-9-7-21(8-10-39)41-19(2)25(27-26-23(35-36-29(26)34)16-22(32)28(27)33)30(37-41)40-11-6-20(17-31(40,3)4)18-38-12-14-43-15-13-38/h5,16,20-21H,1,6-15,17-18H2,2-4H3,(H3,34,35,36)/t20-/m1/s1. The molecule has 1 amide bonds. The number of aromatic amines is 1. The Kier molecular flexibility index (Phi) is 8.41. The molecule has 0 bridgehead atoms. The van der Waals surface area contributed by atoms with Gasteiger partial charge in [0.2, 0.25) is 5.91 Å². The number of nitrogens with zero attached hydrogens (tertiary/aromatic N) is 6. The third kappa shape index (κ3) is 5.63. The summed E-state index contributed by atoms with van der Waals surface area (Å²) in [4.78, 5) is 19.1. The topological polar surface area (TPSA) is 109 Å². The number of H-pyrrole nitrogens is 1. The third-order valence-corrected chi connectivity index (χ3v) is 10.4. The molecule has 5 heterocycles. The number of likely N-dealkylation sites (tertiary alicyclic amines) is 1. The highest BCUT2D eigenvalue weighted by Gasteiger charge is 2.40. The minimum absolute atomic E-state index is 0.0257. The van der Waals surface area contributed by atoms with Crippen LogP contribution in [-0.2, 0) is 9.53 Å². The number of halogens is 2. The maximum Gasteiger partial charge on any atom is 0.245 e. The van der Waals surface area contributed by atoms with Crippen LogP contribution in [0.4, 0.5) is 11.6 Å². The first-order valence-electron chi connectivity index (χ1n) is 15.3. The molecule has 43 heavy (non-hydrogen) atoms. The Morgan fingerprint density at radius 2 is 1.88 bits per heavy atom. The van der Waals surface area contributed by atoms with E-state index in [1.807, 2.05) is 4.90 Å². The van der Waals surface area contributed by atoms with Gasteiger partial charge in [0.15, 0.2) is 11.6 Å². The van der Waals surface area contributed by atoms with Crippen LogP contribution in [0.15, 0.2) is 18.7 Å². The molecule has 0 saturated carbocycles. The summed E-state index contributed by atoms with van der Waals surface area (Å²) in [5.74, 6) is 1.83. The summed E-state index contributed by atoms with van der Waals surface area (Å²) in [6, 6.07) is 1.91. The predicted molar refractivity (Wildman–Crippen MR) is 173 cm³/mol. The van der Waals surface area contributed by atoms with Crippen molar-refractivity contribution in [3.63, 3.8) is 0 Å². The number of rotatable bonds is 6. The van der Waals surface area contributed by atoms with Gasteiger partial charge in [0, 0.05) is 61.6 Å². The summed E-state index contributed by atoms with van der Waals surface area (Å²) < 4.78 is 7.73. The van der Waals surface area contributed by atoms with Gasteiger partial charge in [0.1, 0.15) is 0 Å². The highest BCUT2D eigenvalue weighted by atomic mass is 35.5. The van der Waals surface area contributed by atoms with E-state index in [0.29, 0.717) is 34.9 Å². The van der Waals surface area contributed by atoms with E-state index in [1.54, 1.807) is 6.07 Å². The van der Waals surface area contributed by atoms with Gasteiger partial charge < -0.3 is 20.3 Å². The molecule has 0 aliphatic carbocycles. The molecule has 0 spiro atoms. The van der Waals surface area contributed by atoms with Crippen LogP contribution in [0.1, 0.15) is 51.3 Å². The minimum Gasteiger partial charge on any atom is -0.382 e. The van der Waals surface area contributed by atoms with Crippen molar-refractivity contribution in [1.82, 2.24) is 29.8 Å². The Morgan fingerprint density at radius 3 is 2.56 bits per heavy atom. The summed E-state index contributed by atoms with van der Waals surface area (Å²) >= 11 is 13.7. The lowest BCUT2D eigenvalue weighted by molar-refractivity contribution is -0.127. The first kappa shape index (κ1) is 30.2.